The van der Waals surface area contributed by atoms with E-state index in [1.54, 1.807) is 18.2 Å². The van der Waals surface area contributed by atoms with Crippen LogP contribution in [-0.2, 0) is 35.2 Å². The van der Waals surface area contributed by atoms with Crippen LogP contribution in [-0.4, -0.2) is 136 Å². The second-order valence-electron chi connectivity index (χ2n) is 23.0. The van der Waals surface area contributed by atoms with Gasteiger partial charge in [0.25, 0.3) is 0 Å². The number of fused-ring (bicyclic) bond motifs is 18. The molecule has 0 aromatic heterocycles. The molecule has 16 rings (SSSR count). The molecule has 7 aromatic carbocycles. The summed E-state index contributed by atoms with van der Waals surface area (Å²) in [6.07, 6.45) is 3.87. The molecule has 5 aliphatic carbocycles. The van der Waals surface area contributed by atoms with Crippen LogP contribution in [0.1, 0.15) is 67.5 Å². The number of carbonyl (C=O) groups is 1. The molecule has 0 spiro atoms. The van der Waals surface area contributed by atoms with E-state index in [2.05, 4.69) is 6.58 Å². The highest BCUT2D eigenvalue weighted by atomic mass is 16.5. The minimum Gasteiger partial charge on any atom is -0.508 e. The summed E-state index contributed by atoms with van der Waals surface area (Å²) in [5, 5.41) is 162. The van der Waals surface area contributed by atoms with Gasteiger partial charge in [-0.1, -0.05) is 30.8 Å². The molecule has 0 bridgehead atoms. The van der Waals surface area contributed by atoms with E-state index in [1.165, 1.54) is 72.8 Å². The van der Waals surface area contributed by atoms with Crippen LogP contribution in [0.25, 0.3) is 17.7 Å². The van der Waals surface area contributed by atoms with Gasteiger partial charge in [0.15, 0.2) is 63.3 Å². The van der Waals surface area contributed by atoms with Crippen molar-refractivity contribution in [3.8, 4) is 80.5 Å². The zero-order valence-electron chi connectivity index (χ0n) is 45.1. The number of ether oxygens (including phenoxy) is 4. The zero-order valence-corrected chi connectivity index (χ0v) is 45.1. The van der Waals surface area contributed by atoms with Gasteiger partial charge in [0.2, 0.25) is 17.3 Å². The smallest absolute Gasteiger partial charge is 0.224 e. The van der Waals surface area contributed by atoms with Crippen molar-refractivity contribution in [1.82, 2.24) is 0 Å². The first-order valence-corrected chi connectivity index (χ1v) is 27.0. The van der Waals surface area contributed by atoms with Gasteiger partial charge in [-0.15, -0.1) is 0 Å². The third-order valence-corrected chi connectivity index (χ3v) is 17.3. The highest BCUT2D eigenvalue weighted by Gasteiger charge is 2.53. The number of aromatic hydroxyl groups is 11. The number of hydrogen-bond donors (Lipinski definition) is 16. The standard InChI is InChI=1S/C17H14O4.C16H14O6.C16H12O6.C16H14O5/c1-9-2-3-11-15(4-9)21-8-17(20)7-10-5-13(18)14(19)6-12(10)16(11)17;2*17-10-2-1-8-13-9-4-12(19)11(18)3-7(9)5-16(13,21)6-22-15(8)14(10)20;17-9-1-2-10-14(4-9)21-7-16(20)6-8-3-12(18)13(19)5-11(8)15(10)16/h2-6,18-20H,1,7-8H2;1-4,13,17-21H,5-6H2;1-4,18-21H,5-6H2;1-5,15,17-20H,6-7H2. The van der Waals surface area contributed by atoms with E-state index < -0.39 is 39.9 Å². The largest absolute Gasteiger partial charge is 0.508 e. The lowest BCUT2D eigenvalue weighted by molar-refractivity contribution is -0.114. The molecule has 16 N–H and O–H groups in total. The van der Waals surface area contributed by atoms with Gasteiger partial charge in [-0.05, 0) is 129 Å². The third kappa shape index (κ3) is 8.56. The summed E-state index contributed by atoms with van der Waals surface area (Å²) in [4.78, 5) is 11.5. The molecule has 4 aliphatic heterocycles. The van der Waals surface area contributed by atoms with E-state index >= 15 is 0 Å². The van der Waals surface area contributed by atoms with Crippen LogP contribution < -0.4 is 24.6 Å². The lowest BCUT2D eigenvalue weighted by Crippen LogP contribution is -2.43. The van der Waals surface area contributed by atoms with Crippen molar-refractivity contribution >= 4 is 23.5 Å². The van der Waals surface area contributed by atoms with Crippen molar-refractivity contribution in [2.45, 2.75) is 59.9 Å². The minimum atomic E-state index is -1.33. The van der Waals surface area contributed by atoms with Gasteiger partial charge < -0.3 is 101 Å². The molecule has 7 aromatic rings. The van der Waals surface area contributed by atoms with E-state index in [-0.39, 0.29) is 120 Å². The Hall–Kier alpha value is -10.2. The molecule has 6 atom stereocenters. The number of aliphatic hydroxyl groups excluding tert-OH is 1. The fraction of sp³-hybridized carbons (Fsp3) is 0.215. The zero-order chi connectivity index (χ0) is 60.8. The predicted octanol–water partition coefficient (Wildman–Crippen LogP) is 4.40. The highest BCUT2D eigenvalue weighted by Crippen LogP contribution is 2.57. The van der Waals surface area contributed by atoms with Crippen LogP contribution in [0.3, 0.4) is 0 Å². The lowest BCUT2D eigenvalue weighted by Gasteiger charge is -2.36. The molecule has 440 valence electrons. The van der Waals surface area contributed by atoms with Gasteiger partial charge in [-0.3, -0.25) is 4.79 Å². The summed E-state index contributed by atoms with van der Waals surface area (Å²) >= 11 is 0. The van der Waals surface area contributed by atoms with Gasteiger partial charge in [-0.2, -0.15) is 0 Å². The molecule has 21 nitrogen and oxygen atoms in total. The number of allylic oxidation sites excluding steroid dienone is 2. The van der Waals surface area contributed by atoms with Crippen molar-refractivity contribution in [3.05, 3.63) is 192 Å². The SMILES string of the molecule is C=c1ccc2c(c1)OCC1(O)Cc3cc(O)c(O)cc3C=21.O=C1C=CC2=C3c4cc(O)c(O)cc4CC3(O)COC2=C1O.Oc1cc2c(cc1O)C1c3ccc(O)c(O)c3OCC1(O)C2.Oc1ccc2c(c1)OCC1(O)Cc3cc(O)c(O)cc3C21. The Balaban J connectivity index is 0.000000106. The van der Waals surface area contributed by atoms with Crippen molar-refractivity contribution in [2.75, 3.05) is 26.4 Å². The maximum absolute atomic E-state index is 11.5. The molecule has 0 amide bonds. The number of phenolic OH excluding ortho intramolecular Hbond substituents is 11. The van der Waals surface area contributed by atoms with Crippen molar-refractivity contribution in [3.63, 3.8) is 0 Å². The summed E-state index contributed by atoms with van der Waals surface area (Å²) in [6, 6.07) is 24.9. The van der Waals surface area contributed by atoms with E-state index in [0.29, 0.717) is 63.3 Å². The molecule has 0 saturated heterocycles. The predicted molar refractivity (Wildman–Crippen MR) is 302 cm³/mol. The molecule has 86 heavy (non-hydrogen) atoms. The summed E-state index contributed by atoms with van der Waals surface area (Å²) in [5.41, 5.74) is 3.92. The number of rotatable bonds is 0. The number of ketones is 1. The Morgan fingerprint density at radius 3 is 1.55 bits per heavy atom. The highest BCUT2D eigenvalue weighted by molar-refractivity contribution is 6.06. The maximum atomic E-state index is 11.5. The second-order valence-corrected chi connectivity index (χ2v) is 23.0. The minimum absolute atomic E-state index is 0.0348. The Morgan fingerprint density at radius 1 is 0.430 bits per heavy atom. The van der Waals surface area contributed by atoms with Gasteiger partial charge in [0.1, 0.15) is 66.1 Å². The van der Waals surface area contributed by atoms with Crippen LogP contribution in [0.2, 0.25) is 0 Å². The van der Waals surface area contributed by atoms with Crippen molar-refractivity contribution in [1.29, 1.82) is 0 Å². The van der Waals surface area contributed by atoms with E-state index in [0.717, 1.165) is 43.8 Å². The normalized spacial score (nSPS) is 24.7. The summed E-state index contributed by atoms with van der Waals surface area (Å²) < 4.78 is 22.1. The molecule has 0 fully saturated rings. The fourth-order valence-corrected chi connectivity index (χ4v) is 13.5. The van der Waals surface area contributed by atoms with Gasteiger partial charge >= 0.3 is 0 Å². The summed E-state index contributed by atoms with van der Waals surface area (Å²) in [6.45, 7) is 3.95. The van der Waals surface area contributed by atoms with Crippen LogP contribution in [0.15, 0.2) is 126 Å². The van der Waals surface area contributed by atoms with Gasteiger partial charge in [0, 0.05) is 76.7 Å². The fourth-order valence-electron chi connectivity index (χ4n) is 13.5. The Labute approximate surface area is 486 Å². The van der Waals surface area contributed by atoms with Crippen LogP contribution in [0.5, 0.6) is 80.5 Å². The van der Waals surface area contributed by atoms with Crippen LogP contribution >= 0.6 is 0 Å². The summed E-state index contributed by atoms with van der Waals surface area (Å²) in [7, 11) is 0. The van der Waals surface area contributed by atoms with Crippen LogP contribution in [0.4, 0.5) is 0 Å². The molecule has 0 radical (unpaired) electrons. The maximum Gasteiger partial charge on any atom is 0.224 e. The lowest BCUT2D eigenvalue weighted by atomic mass is 9.80. The van der Waals surface area contributed by atoms with Gasteiger partial charge in [-0.25, -0.2) is 0 Å². The van der Waals surface area contributed by atoms with E-state index in [9.17, 15) is 86.5 Å². The van der Waals surface area contributed by atoms with E-state index in [1.807, 2.05) is 18.2 Å². The number of aliphatic hydroxyl groups is 5. The first-order chi connectivity index (χ1) is 40.8. The van der Waals surface area contributed by atoms with Gasteiger partial charge in [0.05, 0.1) is 0 Å². The number of carbonyl (C=O) groups excluding carboxylic acids is 1. The molecule has 21 heteroatoms. The number of benzene rings is 7. The average Bonchev–Trinajstić information content (AvgIpc) is 1.83. The molecule has 4 heterocycles. The molecular formula is C65H54O21. The topological polar surface area (TPSA) is 378 Å². The Kier molecular flexibility index (Phi) is 12.3. The average molecular weight is 1170 g/mol. The quantitative estimate of drug-likeness (QED) is 0.0936. The summed E-state index contributed by atoms with van der Waals surface area (Å²) in [5.74, 6) is -2.91. The molecule has 0 saturated carbocycles. The Morgan fingerprint density at radius 2 is 0.930 bits per heavy atom. The monoisotopic (exact) mass is 1170 g/mol. The number of phenols is 11. The molecular weight excluding hydrogens is 1120 g/mol. The van der Waals surface area contributed by atoms with Crippen molar-refractivity contribution < 1.29 is 105 Å². The number of hydrogen-bond acceptors (Lipinski definition) is 21. The first kappa shape index (κ1) is 55.0. The first-order valence-electron chi connectivity index (χ1n) is 27.0. The Bertz CT molecular complexity index is 4370. The van der Waals surface area contributed by atoms with E-state index in [4.69, 9.17) is 18.9 Å². The third-order valence-electron chi connectivity index (χ3n) is 17.3. The molecule has 6 unspecified atom stereocenters. The molecule has 9 aliphatic rings. The van der Waals surface area contributed by atoms with Crippen molar-refractivity contribution in [2.24, 2.45) is 0 Å². The van der Waals surface area contributed by atoms with Crippen LogP contribution in [0, 0.1) is 0 Å². The second kappa shape index (κ2) is 19.2.